The van der Waals surface area contributed by atoms with E-state index in [-0.39, 0.29) is 19.0 Å². The Balaban J connectivity index is 0.00000144. The highest BCUT2D eigenvalue weighted by atomic mass is 35.5. The molecule has 0 amide bonds. The standard InChI is InChI=1S/C9H11F2N.ClH/c10-9(11)8(6-12)7-4-2-1-3-5-7;/h1-5,8-9H,6,12H2;1H. The Morgan fingerprint density at radius 2 is 1.69 bits per heavy atom. The first-order chi connectivity index (χ1) is 5.75. The monoisotopic (exact) mass is 207 g/mol. The van der Waals surface area contributed by atoms with Gasteiger partial charge in [-0.05, 0) is 5.56 Å². The van der Waals surface area contributed by atoms with Crippen molar-refractivity contribution in [3.8, 4) is 0 Å². The summed E-state index contributed by atoms with van der Waals surface area (Å²) < 4.78 is 24.6. The van der Waals surface area contributed by atoms with Gasteiger partial charge in [-0.25, -0.2) is 8.78 Å². The normalized spacial score (nSPS) is 12.3. The van der Waals surface area contributed by atoms with Crippen LogP contribution in [0.2, 0.25) is 0 Å². The molecule has 0 saturated carbocycles. The summed E-state index contributed by atoms with van der Waals surface area (Å²) in [6.07, 6.45) is -2.38. The first kappa shape index (κ1) is 12.3. The van der Waals surface area contributed by atoms with Crippen LogP contribution in [0.5, 0.6) is 0 Å². The quantitative estimate of drug-likeness (QED) is 0.810. The maximum atomic E-state index is 12.3. The van der Waals surface area contributed by atoms with Crippen LogP contribution in [0, 0.1) is 0 Å². The Hall–Kier alpha value is -0.670. The van der Waals surface area contributed by atoms with Gasteiger partial charge in [0.2, 0.25) is 6.43 Å². The number of alkyl halides is 2. The number of hydrogen-bond acceptors (Lipinski definition) is 1. The second-order valence-corrected chi connectivity index (χ2v) is 2.59. The van der Waals surface area contributed by atoms with Crippen molar-refractivity contribution in [2.75, 3.05) is 6.54 Å². The van der Waals surface area contributed by atoms with Gasteiger partial charge in [0.25, 0.3) is 0 Å². The third kappa shape index (κ3) is 3.28. The van der Waals surface area contributed by atoms with Crippen molar-refractivity contribution in [2.45, 2.75) is 12.3 Å². The second kappa shape index (κ2) is 5.89. The van der Waals surface area contributed by atoms with Gasteiger partial charge in [0.1, 0.15) is 0 Å². The minimum Gasteiger partial charge on any atom is -0.330 e. The summed E-state index contributed by atoms with van der Waals surface area (Å²) in [5.41, 5.74) is 5.83. The topological polar surface area (TPSA) is 26.0 Å². The number of nitrogens with two attached hydrogens (primary N) is 1. The molecule has 1 unspecified atom stereocenters. The van der Waals surface area contributed by atoms with Crippen molar-refractivity contribution in [3.05, 3.63) is 35.9 Å². The lowest BCUT2D eigenvalue weighted by Crippen LogP contribution is -2.19. The molecule has 0 aliphatic rings. The molecule has 0 fully saturated rings. The second-order valence-electron chi connectivity index (χ2n) is 2.59. The molecule has 0 saturated heterocycles. The fraction of sp³-hybridized carbons (Fsp3) is 0.333. The Morgan fingerprint density at radius 1 is 1.15 bits per heavy atom. The van der Waals surface area contributed by atoms with Crippen molar-refractivity contribution in [1.82, 2.24) is 0 Å². The predicted molar refractivity (Wildman–Crippen MR) is 51.5 cm³/mol. The molecule has 4 heteroatoms. The van der Waals surface area contributed by atoms with Crippen molar-refractivity contribution >= 4 is 12.4 Å². The Bertz CT molecular complexity index is 228. The zero-order valence-electron chi connectivity index (χ0n) is 6.99. The maximum absolute atomic E-state index is 12.3. The molecule has 2 N–H and O–H groups in total. The molecule has 1 nitrogen and oxygen atoms in total. The third-order valence-electron chi connectivity index (χ3n) is 1.79. The molecule has 1 aromatic rings. The predicted octanol–water partition coefficient (Wildman–Crippen LogP) is 2.42. The number of halogens is 3. The van der Waals surface area contributed by atoms with E-state index in [0.29, 0.717) is 5.56 Å². The summed E-state index contributed by atoms with van der Waals surface area (Å²) in [6, 6.07) is 8.61. The van der Waals surface area contributed by atoms with Crippen LogP contribution in [0.4, 0.5) is 8.78 Å². The van der Waals surface area contributed by atoms with Crippen LogP contribution in [-0.4, -0.2) is 13.0 Å². The lowest BCUT2D eigenvalue weighted by molar-refractivity contribution is 0.117. The first-order valence-electron chi connectivity index (χ1n) is 3.79. The van der Waals surface area contributed by atoms with Gasteiger partial charge in [-0.1, -0.05) is 30.3 Å². The summed E-state index contributed by atoms with van der Waals surface area (Å²) in [4.78, 5) is 0. The molecule has 0 spiro atoms. The van der Waals surface area contributed by atoms with E-state index >= 15 is 0 Å². The summed E-state index contributed by atoms with van der Waals surface area (Å²) >= 11 is 0. The average molecular weight is 208 g/mol. The molecule has 0 bridgehead atoms. The van der Waals surface area contributed by atoms with Crippen LogP contribution in [-0.2, 0) is 0 Å². The van der Waals surface area contributed by atoms with Crippen molar-refractivity contribution < 1.29 is 8.78 Å². The Labute approximate surface area is 82.4 Å². The minimum atomic E-state index is -2.38. The molecular weight excluding hydrogens is 196 g/mol. The van der Waals surface area contributed by atoms with E-state index < -0.39 is 12.3 Å². The van der Waals surface area contributed by atoms with Crippen LogP contribution >= 0.6 is 12.4 Å². The van der Waals surface area contributed by atoms with Crippen LogP contribution in [0.3, 0.4) is 0 Å². The molecule has 0 aliphatic carbocycles. The number of hydrogen-bond donors (Lipinski definition) is 1. The lowest BCUT2D eigenvalue weighted by Gasteiger charge is -2.13. The van der Waals surface area contributed by atoms with Crippen LogP contribution in [0.1, 0.15) is 11.5 Å². The summed E-state index contributed by atoms with van der Waals surface area (Å²) in [6.45, 7) is -0.0122. The van der Waals surface area contributed by atoms with Crippen LogP contribution in [0.25, 0.3) is 0 Å². The zero-order valence-corrected chi connectivity index (χ0v) is 7.81. The highest BCUT2D eigenvalue weighted by molar-refractivity contribution is 5.85. The molecule has 74 valence electrons. The first-order valence-corrected chi connectivity index (χ1v) is 3.79. The molecule has 0 aromatic heterocycles. The largest absolute Gasteiger partial charge is 0.330 e. The molecule has 1 atom stereocenters. The van der Waals surface area contributed by atoms with Gasteiger partial charge >= 0.3 is 0 Å². The van der Waals surface area contributed by atoms with E-state index in [0.717, 1.165) is 0 Å². The minimum absolute atomic E-state index is 0. The van der Waals surface area contributed by atoms with E-state index in [1.54, 1.807) is 30.3 Å². The molecule has 0 aliphatic heterocycles. The van der Waals surface area contributed by atoms with Gasteiger partial charge in [0.15, 0.2) is 0 Å². The number of benzene rings is 1. The van der Waals surface area contributed by atoms with Gasteiger partial charge < -0.3 is 5.73 Å². The van der Waals surface area contributed by atoms with E-state index in [1.807, 2.05) is 0 Å². The van der Waals surface area contributed by atoms with E-state index in [1.165, 1.54) is 0 Å². The summed E-state index contributed by atoms with van der Waals surface area (Å²) in [5.74, 6) is -0.828. The smallest absolute Gasteiger partial charge is 0.246 e. The van der Waals surface area contributed by atoms with E-state index in [4.69, 9.17) is 5.73 Å². The Kier molecular flexibility index (Phi) is 5.58. The molecular formula is C9H12ClF2N. The third-order valence-corrected chi connectivity index (χ3v) is 1.79. The van der Waals surface area contributed by atoms with Crippen LogP contribution in [0.15, 0.2) is 30.3 Å². The summed E-state index contributed by atoms with van der Waals surface area (Å²) in [7, 11) is 0. The highest BCUT2D eigenvalue weighted by Crippen LogP contribution is 2.21. The van der Waals surface area contributed by atoms with Crippen molar-refractivity contribution in [2.24, 2.45) is 5.73 Å². The molecule has 1 aromatic carbocycles. The Morgan fingerprint density at radius 3 is 2.08 bits per heavy atom. The number of rotatable bonds is 3. The van der Waals surface area contributed by atoms with E-state index in [2.05, 4.69) is 0 Å². The molecule has 13 heavy (non-hydrogen) atoms. The van der Waals surface area contributed by atoms with Gasteiger partial charge in [0.05, 0.1) is 5.92 Å². The highest BCUT2D eigenvalue weighted by Gasteiger charge is 2.19. The van der Waals surface area contributed by atoms with Gasteiger partial charge in [-0.15, -0.1) is 12.4 Å². The average Bonchev–Trinajstić information content (AvgIpc) is 2.07. The fourth-order valence-corrected chi connectivity index (χ4v) is 1.08. The fourth-order valence-electron chi connectivity index (χ4n) is 1.08. The van der Waals surface area contributed by atoms with Gasteiger partial charge in [-0.2, -0.15) is 0 Å². The zero-order chi connectivity index (χ0) is 8.97. The molecule has 0 heterocycles. The van der Waals surface area contributed by atoms with E-state index in [9.17, 15) is 8.78 Å². The van der Waals surface area contributed by atoms with Crippen LogP contribution < -0.4 is 5.73 Å². The van der Waals surface area contributed by atoms with Gasteiger partial charge in [0, 0.05) is 6.54 Å². The molecule has 1 rings (SSSR count). The van der Waals surface area contributed by atoms with Crippen molar-refractivity contribution in [1.29, 1.82) is 0 Å². The maximum Gasteiger partial charge on any atom is 0.246 e. The van der Waals surface area contributed by atoms with Crippen molar-refractivity contribution in [3.63, 3.8) is 0 Å². The molecule has 0 radical (unpaired) electrons. The lowest BCUT2D eigenvalue weighted by atomic mass is 10.0. The summed E-state index contributed by atoms with van der Waals surface area (Å²) in [5, 5.41) is 0. The van der Waals surface area contributed by atoms with Gasteiger partial charge in [-0.3, -0.25) is 0 Å². The SMILES string of the molecule is Cl.NCC(c1ccccc1)C(F)F.